The molecular formula is C10H22N2O2. The van der Waals surface area contributed by atoms with Crippen LogP contribution in [0.4, 0.5) is 0 Å². The first-order valence-electron chi connectivity index (χ1n) is 5.20. The van der Waals surface area contributed by atoms with Crippen LogP contribution in [0.1, 0.15) is 33.6 Å². The Labute approximate surface area is 86.1 Å². The second-order valence-electron chi connectivity index (χ2n) is 3.89. The van der Waals surface area contributed by atoms with E-state index in [0.717, 1.165) is 6.42 Å². The van der Waals surface area contributed by atoms with Gasteiger partial charge < -0.3 is 5.73 Å². The lowest BCUT2D eigenvalue weighted by Crippen LogP contribution is -2.29. The van der Waals surface area contributed by atoms with Crippen LogP contribution in [-0.2, 0) is 9.63 Å². The van der Waals surface area contributed by atoms with Crippen LogP contribution in [0.5, 0.6) is 0 Å². The van der Waals surface area contributed by atoms with Gasteiger partial charge in [-0.3, -0.25) is 9.63 Å². The zero-order valence-corrected chi connectivity index (χ0v) is 9.38. The van der Waals surface area contributed by atoms with Gasteiger partial charge in [-0.15, -0.1) is 0 Å². The molecule has 0 aromatic heterocycles. The highest BCUT2D eigenvalue weighted by Gasteiger charge is 2.13. The summed E-state index contributed by atoms with van der Waals surface area (Å²) in [6.07, 6.45) is 1.44. The molecule has 1 atom stereocenters. The average Bonchev–Trinajstić information content (AvgIpc) is 2.12. The Balaban J connectivity index is 3.74. The lowest BCUT2D eigenvalue weighted by atomic mass is 9.94. The van der Waals surface area contributed by atoms with Gasteiger partial charge in [-0.25, -0.2) is 5.48 Å². The van der Waals surface area contributed by atoms with Gasteiger partial charge in [0.25, 0.3) is 0 Å². The van der Waals surface area contributed by atoms with E-state index in [-0.39, 0.29) is 11.8 Å². The maximum Gasteiger partial charge on any atom is 0.243 e. The predicted octanol–water partition coefficient (Wildman–Crippen LogP) is 1.07. The van der Waals surface area contributed by atoms with Crippen molar-refractivity contribution in [2.45, 2.75) is 33.6 Å². The number of amides is 1. The Hall–Kier alpha value is -0.610. The van der Waals surface area contributed by atoms with E-state index in [9.17, 15) is 4.79 Å². The van der Waals surface area contributed by atoms with Crippen LogP contribution in [0.2, 0.25) is 0 Å². The summed E-state index contributed by atoms with van der Waals surface area (Å²) >= 11 is 0. The summed E-state index contributed by atoms with van der Waals surface area (Å²) in [7, 11) is 0. The number of hydrogen-bond acceptors (Lipinski definition) is 3. The molecule has 1 amide bonds. The van der Waals surface area contributed by atoms with Gasteiger partial charge in [0.15, 0.2) is 0 Å². The summed E-state index contributed by atoms with van der Waals surface area (Å²) in [5, 5.41) is 0. The minimum Gasteiger partial charge on any atom is -0.330 e. The van der Waals surface area contributed by atoms with Crippen molar-refractivity contribution in [1.29, 1.82) is 0 Å². The first kappa shape index (κ1) is 13.4. The molecule has 4 nitrogen and oxygen atoms in total. The van der Waals surface area contributed by atoms with Crippen molar-refractivity contribution in [2.75, 3.05) is 13.2 Å². The monoisotopic (exact) mass is 202 g/mol. The molecular weight excluding hydrogens is 180 g/mol. The van der Waals surface area contributed by atoms with E-state index in [0.29, 0.717) is 25.5 Å². The maximum absolute atomic E-state index is 11.3. The highest BCUT2D eigenvalue weighted by molar-refractivity contribution is 5.75. The Kier molecular flexibility index (Phi) is 7.42. The van der Waals surface area contributed by atoms with E-state index in [2.05, 4.69) is 19.3 Å². The number of carbonyl (C=O) groups is 1. The lowest BCUT2D eigenvalue weighted by Gasteiger charge is -2.16. The van der Waals surface area contributed by atoms with E-state index in [1.54, 1.807) is 0 Å². The molecule has 0 aliphatic rings. The van der Waals surface area contributed by atoms with E-state index in [1.807, 2.05) is 6.92 Å². The first-order chi connectivity index (χ1) is 6.60. The van der Waals surface area contributed by atoms with Gasteiger partial charge in [-0.2, -0.15) is 0 Å². The molecule has 0 rings (SSSR count). The second kappa shape index (κ2) is 7.76. The highest BCUT2D eigenvalue weighted by atomic mass is 16.6. The van der Waals surface area contributed by atoms with Crippen LogP contribution in [0, 0.1) is 11.8 Å². The van der Waals surface area contributed by atoms with E-state index < -0.39 is 0 Å². The average molecular weight is 202 g/mol. The van der Waals surface area contributed by atoms with Gasteiger partial charge in [0.05, 0.1) is 6.61 Å². The summed E-state index contributed by atoms with van der Waals surface area (Å²) < 4.78 is 0. The Morgan fingerprint density at radius 1 is 1.50 bits per heavy atom. The molecule has 0 heterocycles. The largest absolute Gasteiger partial charge is 0.330 e. The minimum atomic E-state index is -0.0806. The van der Waals surface area contributed by atoms with Crippen molar-refractivity contribution in [3.05, 3.63) is 0 Å². The number of hydroxylamine groups is 1. The van der Waals surface area contributed by atoms with E-state index >= 15 is 0 Å². The number of hydrogen-bond donors (Lipinski definition) is 2. The lowest BCUT2D eigenvalue weighted by molar-refractivity contribution is -0.134. The van der Waals surface area contributed by atoms with Gasteiger partial charge in [0, 0.05) is 6.42 Å². The topological polar surface area (TPSA) is 64.3 Å². The third-order valence-corrected chi connectivity index (χ3v) is 1.94. The van der Waals surface area contributed by atoms with Crippen LogP contribution >= 0.6 is 0 Å². The normalized spacial score (nSPS) is 12.9. The fourth-order valence-electron chi connectivity index (χ4n) is 1.39. The van der Waals surface area contributed by atoms with Crippen molar-refractivity contribution < 1.29 is 9.63 Å². The Morgan fingerprint density at radius 2 is 2.14 bits per heavy atom. The summed E-state index contributed by atoms with van der Waals surface area (Å²) in [4.78, 5) is 16.1. The third-order valence-electron chi connectivity index (χ3n) is 1.94. The fourth-order valence-corrected chi connectivity index (χ4v) is 1.39. The number of nitrogens with two attached hydrogens (primary N) is 1. The SMILES string of the molecule is CCONC(=O)CC(CN)CC(C)C. The summed E-state index contributed by atoms with van der Waals surface area (Å²) in [6, 6.07) is 0. The van der Waals surface area contributed by atoms with Crippen molar-refractivity contribution in [3.63, 3.8) is 0 Å². The number of rotatable bonds is 7. The summed E-state index contributed by atoms with van der Waals surface area (Å²) in [5.41, 5.74) is 7.95. The number of carbonyl (C=O) groups excluding carboxylic acids is 1. The van der Waals surface area contributed by atoms with Crippen molar-refractivity contribution in [2.24, 2.45) is 17.6 Å². The van der Waals surface area contributed by atoms with Gasteiger partial charge in [0.2, 0.25) is 5.91 Å². The highest BCUT2D eigenvalue weighted by Crippen LogP contribution is 2.13. The molecule has 0 aliphatic heterocycles. The molecule has 0 fully saturated rings. The first-order valence-corrected chi connectivity index (χ1v) is 5.20. The molecule has 4 heteroatoms. The third kappa shape index (κ3) is 6.86. The van der Waals surface area contributed by atoms with Crippen LogP contribution in [-0.4, -0.2) is 19.1 Å². The van der Waals surface area contributed by atoms with Gasteiger partial charge in [-0.1, -0.05) is 13.8 Å². The second-order valence-corrected chi connectivity index (χ2v) is 3.89. The molecule has 0 spiro atoms. The van der Waals surface area contributed by atoms with Crippen molar-refractivity contribution >= 4 is 5.91 Å². The zero-order valence-electron chi connectivity index (χ0n) is 9.38. The molecule has 1 unspecified atom stereocenters. The van der Waals surface area contributed by atoms with E-state index in [4.69, 9.17) is 10.6 Å². The molecule has 0 bridgehead atoms. The summed E-state index contributed by atoms with van der Waals surface area (Å²) in [6.45, 7) is 7.13. The quantitative estimate of drug-likeness (QED) is 0.607. The molecule has 84 valence electrons. The minimum absolute atomic E-state index is 0.0806. The summed E-state index contributed by atoms with van der Waals surface area (Å²) in [5.74, 6) is 0.752. The van der Waals surface area contributed by atoms with E-state index in [1.165, 1.54) is 0 Å². The van der Waals surface area contributed by atoms with Gasteiger partial charge in [0.1, 0.15) is 0 Å². The van der Waals surface area contributed by atoms with Crippen molar-refractivity contribution in [3.8, 4) is 0 Å². The zero-order chi connectivity index (χ0) is 11.0. The van der Waals surface area contributed by atoms with Gasteiger partial charge in [-0.05, 0) is 31.7 Å². The van der Waals surface area contributed by atoms with Gasteiger partial charge >= 0.3 is 0 Å². The predicted molar refractivity (Wildman–Crippen MR) is 56.4 cm³/mol. The standard InChI is InChI=1S/C10H22N2O2/c1-4-14-12-10(13)6-9(7-11)5-8(2)3/h8-9H,4-7,11H2,1-3H3,(H,12,13). The van der Waals surface area contributed by atoms with Crippen LogP contribution in [0.25, 0.3) is 0 Å². The number of nitrogens with one attached hydrogen (secondary N) is 1. The molecule has 0 saturated heterocycles. The molecule has 3 N–H and O–H groups in total. The molecule has 0 saturated carbocycles. The molecule has 0 radical (unpaired) electrons. The maximum atomic E-state index is 11.3. The van der Waals surface area contributed by atoms with Crippen LogP contribution in [0.3, 0.4) is 0 Å². The van der Waals surface area contributed by atoms with Crippen LogP contribution in [0.15, 0.2) is 0 Å². The molecule has 0 aromatic rings. The Bertz CT molecular complexity index is 160. The molecule has 0 aliphatic carbocycles. The van der Waals surface area contributed by atoms with Crippen molar-refractivity contribution in [1.82, 2.24) is 5.48 Å². The van der Waals surface area contributed by atoms with Crippen LogP contribution < -0.4 is 11.2 Å². The fraction of sp³-hybridized carbons (Fsp3) is 0.900. The molecule has 14 heavy (non-hydrogen) atoms. The smallest absolute Gasteiger partial charge is 0.243 e. The molecule has 0 aromatic carbocycles. The Morgan fingerprint density at radius 3 is 2.57 bits per heavy atom.